The van der Waals surface area contributed by atoms with Crippen LogP contribution in [0.15, 0.2) is 24.3 Å². The topological polar surface area (TPSA) is 53.0 Å². The molecule has 1 aromatic rings. The number of methoxy groups -OCH3 is 1. The van der Waals surface area contributed by atoms with Crippen LogP contribution in [0.1, 0.15) is 24.3 Å². The number of ether oxygens (including phenoxy) is 1. The molecule has 4 heterocycles. The van der Waals surface area contributed by atoms with E-state index in [2.05, 4.69) is 21.9 Å². The minimum Gasteiger partial charge on any atom is -0.496 e. The number of benzene rings is 1. The second kappa shape index (κ2) is 5.80. The number of piperidine rings is 3. The van der Waals surface area contributed by atoms with Gasteiger partial charge < -0.3 is 9.84 Å². The van der Waals surface area contributed by atoms with Crippen LogP contribution in [-0.4, -0.2) is 66.2 Å². The fourth-order valence-corrected chi connectivity index (χ4v) is 5.14. The van der Waals surface area contributed by atoms with Gasteiger partial charge in [-0.05, 0) is 37.9 Å². The van der Waals surface area contributed by atoms with Gasteiger partial charge in [0.25, 0.3) is 0 Å². The number of carboxylic acid groups (broad SMARTS) is 1. The van der Waals surface area contributed by atoms with Crippen LogP contribution < -0.4 is 4.74 Å². The highest BCUT2D eigenvalue weighted by Crippen LogP contribution is 2.47. The van der Waals surface area contributed by atoms with Crippen molar-refractivity contribution in [2.24, 2.45) is 5.92 Å². The molecule has 0 unspecified atom stereocenters. The van der Waals surface area contributed by atoms with Gasteiger partial charge >= 0.3 is 5.97 Å². The Morgan fingerprint density at radius 2 is 2.00 bits per heavy atom. The summed E-state index contributed by atoms with van der Waals surface area (Å²) in [5.74, 6) is 1.18. The Bertz CT molecular complexity index is 598. The number of carboxylic acids is 1. The van der Waals surface area contributed by atoms with Crippen LogP contribution in [0.3, 0.4) is 0 Å². The number of nitrogens with zero attached hydrogens (tertiary/aromatic N) is 2. The SMILES string of the molecule is COc1ccccc1[C@H]1CN(CC(=O)O)[C@@H]2C3CCN(CC3)[C@H]12. The molecule has 2 bridgehead atoms. The lowest BCUT2D eigenvalue weighted by atomic mass is 9.75. The quantitative estimate of drug-likeness (QED) is 0.915. The molecule has 4 aliphatic rings. The zero-order chi connectivity index (χ0) is 16.0. The van der Waals surface area contributed by atoms with E-state index in [1.165, 1.54) is 18.4 Å². The van der Waals surface area contributed by atoms with E-state index in [0.29, 0.717) is 23.9 Å². The first-order chi connectivity index (χ1) is 11.2. The maximum absolute atomic E-state index is 11.3. The van der Waals surface area contributed by atoms with Crippen LogP contribution in [0.2, 0.25) is 0 Å². The van der Waals surface area contributed by atoms with E-state index in [-0.39, 0.29) is 6.54 Å². The van der Waals surface area contributed by atoms with Crippen molar-refractivity contribution in [2.75, 3.05) is 33.3 Å². The number of rotatable bonds is 4. The van der Waals surface area contributed by atoms with Crippen molar-refractivity contribution in [3.05, 3.63) is 29.8 Å². The number of carbonyl (C=O) groups is 1. The molecular formula is C18H24N2O3. The van der Waals surface area contributed by atoms with Gasteiger partial charge in [0, 0.05) is 30.1 Å². The van der Waals surface area contributed by atoms with E-state index >= 15 is 0 Å². The minimum absolute atomic E-state index is 0.150. The first-order valence-corrected chi connectivity index (χ1v) is 8.52. The summed E-state index contributed by atoms with van der Waals surface area (Å²) in [5, 5.41) is 9.31. The second-order valence-electron chi connectivity index (χ2n) is 7.03. The summed E-state index contributed by atoms with van der Waals surface area (Å²) in [6.07, 6.45) is 2.41. The summed E-state index contributed by atoms with van der Waals surface area (Å²) >= 11 is 0. The van der Waals surface area contributed by atoms with Crippen molar-refractivity contribution in [2.45, 2.75) is 30.8 Å². The van der Waals surface area contributed by atoms with Gasteiger partial charge in [0.2, 0.25) is 0 Å². The van der Waals surface area contributed by atoms with Crippen molar-refractivity contribution >= 4 is 5.97 Å². The van der Waals surface area contributed by atoms with Gasteiger partial charge in [0.15, 0.2) is 0 Å². The third-order valence-electron chi connectivity index (χ3n) is 5.97. The lowest BCUT2D eigenvalue weighted by Crippen LogP contribution is -2.60. The molecule has 0 saturated carbocycles. The lowest BCUT2D eigenvalue weighted by Gasteiger charge is -2.51. The van der Waals surface area contributed by atoms with Crippen molar-refractivity contribution in [1.82, 2.24) is 9.80 Å². The van der Waals surface area contributed by atoms with E-state index in [0.717, 1.165) is 25.4 Å². The minimum atomic E-state index is -0.721. The molecule has 4 fully saturated rings. The Balaban J connectivity index is 1.71. The van der Waals surface area contributed by atoms with Crippen molar-refractivity contribution < 1.29 is 14.6 Å². The molecule has 0 radical (unpaired) electrons. The van der Waals surface area contributed by atoms with Gasteiger partial charge in [-0.2, -0.15) is 0 Å². The van der Waals surface area contributed by atoms with Gasteiger partial charge in [-0.25, -0.2) is 0 Å². The number of para-hydroxylation sites is 1. The predicted octanol–water partition coefficient (Wildman–Crippen LogP) is 1.64. The third-order valence-corrected chi connectivity index (χ3v) is 5.97. The van der Waals surface area contributed by atoms with Crippen LogP contribution in [0.25, 0.3) is 0 Å². The summed E-state index contributed by atoms with van der Waals surface area (Å²) in [6.45, 7) is 3.27. The summed E-state index contributed by atoms with van der Waals surface area (Å²) in [5.41, 5.74) is 1.23. The number of hydrogen-bond acceptors (Lipinski definition) is 4. The average Bonchev–Trinajstić information content (AvgIpc) is 2.96. The van der Waals surface area contributed by atoms with Gasteiger partial charge in [0.1, 0.15) is 5.75 Å². The average molecular weight is 316 g/mol. The number of aliphatic carboxylic acids is 1. The van der Waals surface area contributed by atoms with Gasteiger partial charge in [-0.15, -0.1) is 0 Å². The monoisotopic (exact) mass is 316 g/mol. The van der Waals surface area contributed by atoms with E-state index in [1.54, 1.807) is 7.11 Å². The predicted molar refractivity (Wildman–Crippen MR) is 86.8 cm³/mol. The van der Waals surface area contributed by atoms with E-state index < -0.39 is 5.97 Å². The molecule has 23 heavy (non-hydrogen) atoms. The molecule has 0 spiro atoms. The van der Waals surface area contributed by atoms with Crippen LogP contribution >= 0.6 is 0 Å². The van der Waals surface area contributed by atoms with Crippen LogP contribution in [0, 0.1) is 5.92 Å². The molecule has 5 heteroatoms. The molecular weight excluding hydrogens is 292 g/mol. The van der Waals surface area contributed by atoms with Gasteiger partial charge in [-0.1, -0.05) is 18.2 Å². The first kappa shape index (κ1) is 15.0. The molecule has 0 aliphatic carbocycles. The van der Waals surface area contributed by atoms with Crippen LogP contribution in [0.4, 0.5) is 0 Å². The van der Waals surface area contributed by atoms with Crippen LogP contribution in [-0.2, 0) is 4.79 Å². The maximum Gasteiger partial charge on any atom is 0.317 e. The highest BCUT2D eigenvalue weighted by atomic mass is 16.5. The Kier molecular flexibility index (Phi) is 3.77. The normalized spacial score (nSPS) is 36.0. The molecule has 4 aliphatic heterocycles. The smallest absolute Gasteiger partial charge is 0.317 e. The Morgan fingerprint density at radius 3 is 2.70 bits per heavy atom. The Labute approximate surface area is 136 Å². The fraction of sp³-hybridized carbons (Fsp3) is 0.611. The summed E-state index contributed by atoms with van der Waals surface area (Å²) in [6, 6.07) is 9.02. The molecule has 3 atom stereocenters. The number of hydrogen-bond donors (Lipinski definition) is 1. The number of fused-ring (bicyclic) bond motifs is 2. The molecule has 0 amide bonds. The van der Waals surface area contributed by atoms with E-state index in [4.69, 9.17) is 4.74 Å². The van der Waals surface area contributed by atoms with Gasteiger partial charge in [-0.3, -0.25) is 14.6 Å². The molecule has 5 nitrogen and oxygen atoms in total. The highest BCUT2D eigenvalue weighted by molar-refractivity contribution is 5.69. The summed E-state index contributed by atoms with van der Waals surface area (Å²) < 4.78 is 5.58. The molecule has 4 saturated heterocycles. The summed E-state index contributed by atoms with van der Waals surface area (Å²) in [7, 11) is 1.72. The largest absolute Gasteiger partial charge is 0.496 e. The van der Waals surface area contributed by atoms with Crippen molar-refractivity contribution in [3.8, 4) is 5.75 Å². The Hall–Kier alpha value is -1.59. The molecule has 5 rings (SSSR count). The number of likely N-dealkylation sites (tertiary alicyclic amines) is 1. The molecule has 0 aromatic heterocycles. The third kappa shape index (κ3) is 2.42. The van der Waals surface area contributed by atoms with Crippen molar-refractivity contribution in [1.29, 1.82) is 0 Å². The second-order valence-corrected chi connectivity index (χ2v) is 7.03. The van der Waals surface area contributed by atoms with Gasteiger partial charge in [0.05, 0.1) is 13.7 Å². The zero-order valence-corrected chi connectivity index (χ0v) is 13.5. The lowest BCUT2D eigenvalue weighted by molar-refractivity contribution is -0.139. The Morgan fingerprint density at radius 1 is 1.26 bits per heavy atom. The van der Waals surface area contributed by atoms with E-state index in [1.807, 2.05) is 12.1 Å². The zero-order valence-electron chi connectivity index (χ0n) is 13.5. The highest BCUT2D eigenvalue weighted by Gasteiger charge is 2.53. The van der Waals surface area contributed by atoms with Crippen molar-refractivity contribution in [3.63, 3.8) is 0 Å². The molecule has 1 N–H and O–H groups in total. The van der Waals surface area contributed by atoms with Crippen LogP contribution in [0.5, 0.6) is 5.75 Å². The van der Waals surface area contributed by atoms with E-state index in [9.17, 15) is 9.90 Å². The standard InChI is InChI=1S/C18H24N2O3/c1-23-15-5-3-2-4-13(15)14-10-20(11-16(21)22)17-12-6-8-19(9-7-12)18(14)17/h2-5,12,14,17-18H,6-11H2,1H3,(H,21,22)/t14-,17-,18-/m1/s1. The fourth-order valence-electron chi connectivity index (χ4n) is 5.14. The molecule has 1 aromatic carbocycles. The maximum atomic E-state index is 11.3. The molecule has 124 valence electrons. The first-order valence-electron chi connectivity index (χ1n) is 8.52. The summed E-state index contributed by atoms with van der Waals surface area (Å²) in [4.78, 5) is 16.1.